The molecule has 0 aromatic heterocycles. The zero-order valence-electron chi connectivity index (χ0n) is 9.37. The fourth-order valence-electron chi connectivity index (χ4n) is 1.12. The monoisotopic (exact) mass is 239 g/mol. The van der Waals surface area contributed by atoms with E-state index in [1.807, 2.05) is 0 Å². The highest BCUT2D eigenvalue weighted by molar-refractivity contribution is 5.92. The van der Waals surface area contributed by atoms with Crippen LogP contribution in [0.2, 0.25) is 0 Å². The van der Waals surface area contributed by atoms with Crippen LogP contribution < -0.4 is 16.4 Å². The van der Waals surface area contributed by atoms with Crippen LogP contribution in [0.15, 0.2) is 24.3 Å². The maximum atomic E-state index is 12.8. The molecule has 1 aromatic rings. The quantitative estimate of drug-likeness (QED) is 0.687. The summed E-state index contributed by atoms with van der Waals surface area (Å²) in [5.74, 6) is -1.34. The standard InChI is InChI=1S/C11H14FN3O2/c1-7(11(13)17)14-6-10(16)15-9-4-2-3-8(12)5-9/h2-5,7,14H,6H2,1H3,(H2,13,17)(H,15,16). The second kappa shape index (κ2) is 5.95. The fourth-order valence-corrected chi connectivity index (χ4v) is 1.12. The Kier molecular flexibility index (Phi) is 4.59. The fraction of sp³-hybridized carbons (Fsp3) is 0.273. The lowest BCUT2D eigenvalue weighted by Crippen LogP contribution is -2.42. The molecule has 1 aromatic carbocycles. The SMILES string of the molecule is CC(NCC(=O)Nc1cccc(F)c1)C(N)=O. The van der Waals surface area contributed by atoms with Gasteiger partial charge in [-0.15, -0.1) is 0 Å². The molecule has 0 aliphatic rings. The zero-order valence-corrected chi connectivity index (χ0v) is 9.37. The maximum absolute atomic E-state index is 12.8. The number of carbonyl (C=O) groups excluding carboxylic acids is 2. The first kappa shape index (κ1) is 13.1. The summed E-state index contributed by atoms with van der Waals surface area (Å²) in [6.45, 7) is 1.48. The number of rotatable bonds is 5. The van der Waals surface area contributed by atoms with Crippen molar-refractivity contribution in [1.82, 2.24) is 5.32 Å². The molecule has 2 amide bonds. The van der Waals surface area contributed by atoms with Gasteiger partial charge in [0.05, 0.1) is 12.6 Å². The number of halogens is 1. The Hall–Kier alpha value is -1.95. The number of nitrogens with two attached hydrogens (primary N) is 1. The third-order valence-electron chi connectivity index (χ3n) is 2.10. The summed E-state index contributed by atoms with van der Waals surface area (Å²) in [6, 6.07) is 4.95. The molecule has 92 valence electrons. The highest BCUT2D eigenvalue weighted by Gasteiger charge is 2.10. The number of anilines is 1. The van der Waals surface area contributed by atoms with E-state index in [-0.39, 0.29) is 12.5 Å². The van der Waals surface area contributed by atoms with Crippen LogP contribution >= 0.6 is 0 Å². The van der Waals surface area contributed by atoms with Crippen molar-refractivity contribution in [2.24, 2.45) is 5.73 Å². The minimum Gasteiger partial charge on any atom is -0.368 e. The summed E-state index contributed by atoms with van der Waals surface area (Å²) in [4.78, 5) is 22.1. The van der Waals surface area contributed by atoms with Crippen LogP contribution in [0.25, 0.3) is 0 Å². The molecule has 17 heavy (non-hydrogen) atoms. The molecular weight excluding hydrogens is 225 g/mol. The molecule has 1 unspecified atom stereocenters. The van der Waals surface area contributed by atoms with Crippen molar-refractivity contribution >= 4 is 17.5 Å². The van der Waals surface area contributed by atoms with E-state index >= 15 is 0 Å². The number of hydrogen-bond donors (Lipinski definition) is 3. The minimum atomic E-state index is -0.590. The molecule has 0 fully saturated rings. The van der Waals surface area contributed by atoms with Gasteiger partial charge in [0.15, 0.2) is 0 Å². The predicted molar refractivity (Wildman–Crippen MR) is 61.7 cm³/mol. The van der Waals surface area contributed by atoms with E-state index in [0.717, 1.165) is 0 Å². The lowest BCUT2D eigenvalue weighted by atomic mass is 10.3. The van der Waals surface area contributed by atoms with Crippen molar-refractivity contribution in [3.63, 3.8) is 0 Å². The highest BCUT2D eigenvalue weighted by Crippen LogP contribution is 2.08. The van der Waals surface area contributed by atoms with Crippen molar-refractivity contribution in [1.29, 1.82) is 0 Å². The summed E-state index contributed by atoms with van der Waals surface area (Å²) in [7, 11) is 0. The van der Waals surface area contributed by atoms with E-state index in [0.29, 0.717) is 5.69 Å². The molecule has 0 heterocycles. The molecule has 0 radical (unpaired) electrons. The molecule has 0 aliphatic heterocycles. The van der Waals surface area contributed by atoms with Gasteiger partial charge < -0.3 is 11.1 Å². The Morgan fingerprint density at radius 3 is 2.76 bits per heavy atom. The van der Waals surface area contributed by atoms with Gasteiger partial charge in [0, 0.05) is 5.69 Å². The minimum absolute atomic E-state index is 0.0688. The van der Waals surface area contributed by atoms with E-state index in [1.54, 1.807) is 13.0 Å². The predicted octanol–water partition coefficient (Wildman–Crippen LogP) is 0.228. The smallest absolute Gasteiger partial charge is 0.238 e. The largest absolute Gasteiger partial charge is 0.368 e. The maximum Gasteiger partial charge on any atom is 0.238 e. The van der Waals surface area contributed by atoms with Gasteiger partial charge in [-0.25, -0.2) is 4.39 Å². The van der Waals surface area contributed by atoms with Crippen molar-refractivity contribution in [3.8, 4) is 0 Å². The third kappa shape index (κ3) is 4.60. The van der Waals surface area contributed by atoms with Gasteiger partial charge in [0.1, 0.15) is 5.82 Å². The topological polar surface area (TPSA) is 84.2 Å². The summed E-state index contributed by atoms with van der Waals surface area (Å²) in [6.07, 6.45) is 0. The van der Waals surface area contributed by atoms with Crippen molar-refractivity contribution in [3.05, 3.63) is 30.1 Å². The zero-order chi connectivity index (χ0) is 12.8. The molecule has 0 saturated heterocycles. The van der Waals surface area contributed by atoms with Gasteiger partial charge in [-0.1, -0.05) is 6.07 Å². The molecular formula is C11H14FN3O2. The van der Waals surface area contributed by atoms with E-state index in [1.165, 1.54) is 18.2 Å². The van der Waals surface area contributed by atoms with Gasteiger partial charge in [0.2, 0.25) is 11.8 Å². The van der Waals surface area contributed by atoms with Crippen LogP contribution in [0.4, 0.5) is 10.1 Å². The normalized spacial score (nSPS) is 11.9. The number of hydrogen-bond acceptors (Lipinski definition) is 3. The van der Waals surface area contributed by atoms with Crippen LogP contribution in [-0.2, 0) is 9.59 Å². The Morgan fingerprint density at radius 2 is 2.18 bits per heavy atom. The van der Waals surface area contributed by atoms with Crippen LogP contribution in [0.3, 0.4) is 0 Å². The Balaban J connectivity index is 2.42. The molecule has 6 heteroatoms. The van der Waals surface area contributed by atoms with Crippen LogP contribution in [0, 0.1) is 5.82 Å². The van der Waals surface area contributed by atoms with Crippen molar-refractivity contribution in [2.45, 2.75) is 13.0 Å². The lowest BCUT2D eigenvalue weighted by Gasteiger charge is -2.10. The summed E-state index contributed by atoms with van der Waals surface area (Å²) < 4.78 is 12.8. The van der Waals surface area contributed by atoms with Gasteiger partial charge in [-0.05, 0) is 25.1 Å². The molecule has 0 saturated carbocycles. The molecule has 1 rings (SSSR count). The molecule has 4 N–H and O–H groups in total. The summed E-state index contributed by atoms with van der Waals surface area (Å²) in [5, 5.41) is 5.12. The van der Waals surface area contributed by atoms with E-state index in [4.69, 9.17) is 5.73 Å². The molecule has 0 aliphatic carbocycles. The van der Waals surface area contributed by atoms with Gasteiger partial charge in [-0.2, -0.15) is 0 Å². The van der Waals surface area contributed by atoms with E-state index in [9.17, 15) is 14.0 Å². The van der Waals surface area contributed by atoms with Crippen molar-refractivity contribution in [2.75, 3.05) is 11.9 Å². The Bertz CT molecular complexity index is 423. The number of amides is 2. The molecule has 0 spiro atoms. The van der Waals surface area contributed by atoms with Gasteiger partial charge in [-0.3, -0.25) is 14.9 Å². The van der Waals surface area contributed by atoms with Crippen LogP contribution in [0.5, 0.6) is 0 Å². The molecule has 5 nitrogen and oxygen atoms in total. The molecule has 0 bridgehead atoms. The average Bonchev–Trinajstić information content (AvgIpc) is 2.25. The van der Waals surface area contributed by atoms with E-state index in [2.05, 4.69) is 10.6 Å². The van der Waals surface area contributed by atoms with Gasteiger partial charge in [0.25, 0.3) is 0 Å². The van der Waals surface area contributed by atoms with Gasteiger partial charge >= 0.3 is 0 Å². The number of carbonyl (C=O) groups is 2. The highest BCUT2D eigenvalue weighted by atomic mass is 19.1. The van der Waals surface area contributed by atoms with E-state index < -0.39 is 17.8 Å². The van der Waals surface area contributed by atoms with Crippen molar-refractivity contribution < 1.29 is 14.0 Å². The molecule has 1 atom stereocenters. The number of benzene rings is 1. The average molecular weight is 239 g/mol. The Morgan fingerprint density at radius 1 is 1.47 bits per heavy atom. The first-order valence-electron chi connectivity index (χ1n) is 5.07. The van der Waals surface area contributed by atoms with Crippen LogP contribution in [0.1, 0.15) is 6.92 Å². The number of primary amides is 1. The summed E-state index contributed by atoms with van der Waals surface area (Å²) in [5.41, 5.74) is 5.38. The first-order valence-corrected chi connectivity index (χ1v) is 5.07. The second-order valence-electron chi connectivity index (χ2n) is 3.56. The third-order valence-corrected chi connectivity index (χ3v) is 2.10. The second-order valence-corrected chi connectivity index (χ2v) is 3.56. The number of nitrogens with one attached hydrogen (secondary N) is 2. The Labute approximate surface area is 98.2 Å². The summed E-state index contributed by atoms with van der Waals surface area (Å²) >= 11 is 0. The first-order chi connectivity index (χ1) is 7.99. The lowest BCUT2D eigenvalue weighted by molar-refractivity contribution is -0.120. The van der Waals surface area contributed by atoms with Crippen LogP contribution in [-0.4, -0.2) is 24.4 Å².